The summed E-state index contributed by atoms with van der Waals surface area (Å²) in [6.07, 6.45) is 2.24. The zero-order chi connectivity index (χ0) is 21.0. The monoisotopic (exact) mass is 420 g/mol. The minimum atomic E-state index is -0.263. The Hall–Kier alpha value is -2.12. The summed E-state index contributed by atoms with van der Waals surface area (Å²) in [5.74, 6) is 0.407. The number of benzene rings is 1. The zero-order valence-corrected chi connectivity index (χ0v) is 18.4. The number of likely N-dealkylation sites (tertiary alicyclic amines) is 1. The first-order valence-corrected chi connectivity index (χ1v) is 10.4. The molecule has 1 aliphatic rings. The number of hydrogen-bond acceptors (Lipinski definition) is 3. The van der Waals surface area contributed by atoms with Gasteiger partial charge in [-0.3, -0.25) is 14.6 Å². The molecule has 2 N–H and O–H groups in total. The molecule has 1 unspecified atom stereocenters. The predicted molar refractivity (Wildman–Crippen MR) is 116 cm³/mol. The van der Waals surface area contributed by atoms with Crippen LogP contribution in [-0.4, -0.2) is 47.3 Å². The predicted octanol–water partition coefficient (Wildman–Crippen LogP) is 3.33. The van der Waals surface area contributed by atoms with E-state index in [-0.39, 0.29) is 11.9 Å². The molecule has 6 nitrogen and oxygen atoms in total. The van der Waals surface area contributed by atoms with E-state index in [0.717, 1.165) is 42.9 Å². The van der Waals surface area contributed by atoms with Gasteiger partial charge in [0.25, 0.3) is 0 Å². The molecule has 0 amide bonds. The highest BCUT2D eigenvalue weighted by Crippen LogP contribution is 2.31. The molecule has 0 aliphatic carbocycles. The van der Waals surface area contributed by atoms with Crippen LogP contribution in [0.4, 0.5) is 4.39 Å². The Kier molecular flexibility index (Phi) is 7.14. The highest BCUT2D eigenvalue weighted by atomic mass is 35.5. The number of aliphatic imine (C=N–C) groups is 1. The van der Waals surface area contributed by atoms with E-state index < -0.39 is 0 Å². The number of hydrogen-bond donors (Lipinski definition) is 2. The fraction of sp³-hybridized carbons (Fsp3) is 0.524. The van der Waals surface area contributed by atoms with Crippen molar-refractivity contribution in [3.8, 4) is 0 Å². The zero-order valence-electron chi connectivity index (χ0n) is 17.6. The molecule has 1 aromatic heterocycles. The van der Waals surface area contributed by atoms with Crippen LogP contribution in [-0.2, 0) is 13.6 Å². The van der Waals surface area contributed by atoms with E-state index in [9.17, 15) is 4.39 Å². The molecule has 0 spiro atoms. The lowest BCUT2D eigenvalue weighted by Gasteiger charge is -2.29. The van der Waals surface area contributed by atoms with Crippen molar-refractivity contribution in [2.75, 3.05) is 26.7 Å². The van der Waals surface area contributed by atoms with Gasteiger partial charge in [-0.25, -0.2) is 4.39 Å². The first-order chi connectivity index (χ1) is 13.9. The maximum absolute atomic E-state index is 14.6. The molecular formula is C21H30ClFN6. The summed E-state index contributed by atoms with van der Waals surface area (Å²) >= 11 is 6.38. The second kappa shape index (κ2) is 9.59. The van der Waals surface area contributed by atoms with Gasteiger partial charge in [0.05, 0.1) is 11.7 Å². The molecule has 29 heavy (non-hydrogen) atoms. The molecule has 0 radical (unpaired) electrons. The standard InChI is InChI=1S/C21H30ClFN6/c1-14-16(15(2)28(4)27-14)12-25-21(24-3)26-13-19(29-10-5-6-11-29)20-17(22)8-7-9-18(20)23/h7-9,19H,5-6,10-13H2,1-4H3,(H2,24,25,26). The van der Waals surface area contributed by atoms with Gasteiger partial charge >= 0.3 is 0 Å². The van der Waals surface area contributed by atoms with Crippen molar-refractivity contribution in [3.63, 3.8) is 0 Å². The van der Waals surface area contributed by atoms with Crippen LogP contribution in [0.2, 0.25) is 5.02 Å². The minimum absolute atomic E-state index is 0.147. The minimum Gasteiger partial charge on any atom is -0.354 e. The van der Waals surface area contributed by atoms with E-state index >= 15 is 0 Å². The van der Waals surface area contributed by atoms with Gasteiger partial charge in [0.15, 0.2) is 5.96 Å². The van der Waals surface area contributed by atoms with E-state index in [0.29, 0.717) is 29.6 Å². The molecule has 0 bridgehead atoms. The fourth-order valence-electron chi connectivity index (χ4n) is 3.96. The van der Waals surface area contributed by atoms with Gasteiger partial charge in [0.2, 0.25) is 0 Å². The first kappa shape index (κ1) is 21.6. The molecule has 2 aromatic rings. The van der Waals surface area contributed by atoms with Crippen LogP contribution in [0.3, 0.4) is 0 Å². The molecule has 1 aromatic carbocycles. The summed E-state index contributed by atoms with van der Waals surface area (Å²) in [6, 6.07) is 4.73. The van der Waals surface area contributed by atoms with E-state index in [1.54, 1.807) is 19.2 Å². The summed E-state index contributed by atoms with van der Waals surface area (Å²) < 4.78 is 16.5. The van der Waals surface area contributed by atoms with Crippen LogP contribution in [0.15, 0.2) is 23.2 Å². The number of aryl methyl sites for hydroxylation is 2. The van der Waals surface area contributed by atoms with E-state index in [4.69, 9.17) is 11.6 Å². The summed E-state index contributed by atoms with van der Waals surface area (Å²) in [6.45, 7) is 7.08. The maximum atomic E-state index is 14.6. The largest absolute Gasteiger partial charge is 0.354 e. The van der Waals surface area contributed by atoms with Crippen molar-refractivity contribution >= 4 is 17.6 Å². The molecule has 1 aliphatic heterocycles. The lowest BCUT2D eigenvalue weighted by atomic mass is 10.0. The Balaban J connectivity index is 1.71. The third-order valence-corrected chi connectivity index (χ3v) is 6.02. The van der Waals surface area contributed by atoms with Crippen LogP contribution < -0.4 is 10.6 Å². The summed E-state index contributed by atoms with van der Waals surface area (Å²) in [4.78, 5) is 6.62. The van der Waals surface area contributed by atoms with Crippen molar-refractivity contribution < 1.29 is 4.39 Å². The Labute approximate surface area is 177 Å². The second-order valence-corrected chi connectivity index (χ2v) is 7.88. The number of nitrogens with one attached hydrogen (secondary N) is 2. The molecule has 8 heteroatoms. The van der Waals surface area contributed by atoms with Crippen LogP contribution in [0.1, 0.15) is 41.4 Å². The topological polar surface area (TPSA) is 57.5 Å². The van der Waals surface area contributed by atoms with Crippen LogP contribution in [0, 0.1) is 19.7 Å². The number of halogens is 2. The van der Waals surface area contributed by atoms with E-state index in [2.05, 4.69) is 32.5 Å². The van der Waals surface area contributed by atoms with Crippen molar-refractivity contribution in [2.24, 2.45) is 12.0 Å². The molecule has 1 saturated heterocycles. The molecule has 3 rings (SSSR count). The molecule has 1 fully saturated rings. The van der Waals surface area contributed by atoms with Crippen LogP contribution in [0.25, 0.3) is 0 Å². The fourth-order valence-corrected chi connectivity index (χ4v) is 4.24. The SMILES string of the molecule is CN=C(NCc1c(C)nn(C)c1C)NCC(c1c(F)cccc1Cl)N1CCCC1. The van der Waals surface area contributed by atoms with E-state index in [1.807, 2.05) is 18.7 Å². The summed E-state index contributed by atoms with van der Waals surface area (Å²) in [5.41, 5.74) is 3.83. The first-order valence-electron chi connectivity index (χ1n) is 10.0. The third-order valence-electron chi connectivity index (χ3n) is 5.69. The van der Waals surface area contributed by atoms with Crippen LogP contribution >= 0.6 is 11.6 Å². The lowest BCUT2D eigenvalue weighted by molar-refractivity contribution is 0.240. The summed E-state index contributed by atoms with van der Waals surface area (Å²) in [5, 5.41) is 11.6. The van der Waals surface area contributed by atoms with Gasteiger partial charge < -0.3 is 10.6 Å². The molecular weight excluding hydrogens is 391 g/mol. The Morgan fingerprint density at radius 2 is 2.00 bits per heavy atom. The van der Waals surface area contributed by atoms with Crippen molar-refractivity contribution in [1.82, 2.24) is 25.3 Å². The number of aromatic nitrogens is 2. The smallest absolute Gasteiger partial charge is 0.191 e. The van der Waals surface area contributed by atoms with Crippen molar-refractivity contribution in [2.45, 2.75) is 39.3 Å². The summed E-state index contributed by atoms with van der Waals surface area (Å²) in [7, 11) is 3.68. The molecule has 158 valence electrons. The Morgan fingerprint density at radius 3 is 2.59 bits per heavy atom. The average molecular weight is 421 g/mol. The van der Waals surface area contributed by atoms with Gasteiger partial charge in [0, 0.05) is 49.0 Å². The maximum Gasteiger partial charge on any atom is 0.191 e. The third kappa shape index (κ3) is 4.90. The van der Waals surface area contributed by atoms with Crippen LogP contribution in [0.5, 0.6) is 0 Å². The van der Waals surface area contributed by atoms with Gasteiger partial charge in [-0.2, -0.15) is 5.10 Å². The van der Waals surface area contributed by atoms with Gasteiger partial charge in [-0.05, 0) is 51.9 Å². The van der Waals surface area contributed by atoms with E-state index in [1.165, 1.54) is 6.07 Å². The number of guanidine groups is 1. The van der Waals surface area contributed by atoms with Crippen molar-refractivity contribution in [3.05, 3.63) is 51.6 Å². The average Bonchev–Trinajstić information content (AvgIpc) is 3.29. The van der Waals surface area contributed by atoms with Gasteiger partial charge in [0.1, 0.15) is 5.82 Å². The number of nitrogens with zero attached hydrogens (tertiary/aromatic N) is 4. The van der Waals surface area contributed by atoms with Crippen molar-refractivity contribution in [1.29, 1.82) is 0 Å². The molecule has 2 heterocycles. The number of rotatable bonds is 6. The Morgan fingerprint density at radius 1 is 1.28 bits per heavy atom. The molecule has 0 saturated carbocycles. The quantitative estimate of drug-likeness (QED) is 0.556. The Bertz CT molecular complexity index is 852. The van der Waals surface area contributed by atoms with Gasteiger partial charge in [-0.1, -0.05) is 17.7 Å². The van der Waals surface area contributed by atoms with Gasteiger partial charge in [-0.15, -0.1) is 0 Å². The second-order valence-electron chi connectivity index (χ2n) is 7.47. The highest BCUT2D eigenvalue weighted by molar-refractivity contribution is 6.31. The highest BCUT2D eigenvalue weighted by Gasteiger charge is 2.27. The molecule has 1 atom stereocenters. The normalized spacial score (nSPS) is 16.3. The lowest BCUT2D eigenvalue weighted by Crippen LogP contribution is -2.42.